The molecule has 1 amide bonds. The maximum atomic E-state index is 10.4. The van der Waals surface area contributed by atoms with E-state index in [1.807, 2.05) is 6.07 Å². The van der Waals surface area contributed by atoms with Gasteiger partial charge < -0.3 is 10.0 Å². The summed E-state index contributed by atoms with van der Waals surface area (Å²) >= 11 is 0. The van der Waals surface area contributed by atoms with Crippen LogP contribution < -0.4 is 0 Å². The number of nitrogens with zero attached hydrogens (tertiary/aromatic N) is 2. The first-order valence-electron chi connectivity index (χ1n) is 3.75. The summed E-state index contributed by atoms with van der Waals surface area (Å²) in [5.74, 6) is 0.285. The Kier molecular flexibility index (Phi) is 1.49. The molecule has 0 unspecified atom stereocenters. The van der Waals surface area contributed by atoms with Gasteiger partial charge in [0.05, 0.1) is 5.69 Å². The molecular formula is C7H9N3O2. The molecule has 1 aliphatic heterocycles. The van der Waals surface area contributed by atoms with Crippen molar-refractivity contribution in [3.05, 3.63) is 18.0 Å². The van der Waals surface area contributed by atoms with E-state index in [1.54, 1.807) is 6.20 Å². The number of hydrogen-bond donors (Lipinski definition) is 2. The van der Waals surface area contributed by atoms with Crippen LogP contribution in [0.1, 0.15) is 11.6 Å². The molecule has 0 spiro atoms. The Hall–Kier alpha value is -1.52. The van der Waals surface area contributed by atoms with E-state index in [1.165, 1.54) is 4.90 Å². The summed E-state index contributed by atoms with van der Waals surface area (Å²) in [5.41, 5.74) is 0.951. The summed E-state index contributed by atoms with van der Waals surface area (Å²) in [6.07, 6.45) is 0.903. The largest absolute Gasteiger partial charge is 0.465 e. The Bertz CT molecular complexity index is 277. The maximum Gasteiger partial charge on any atom is 0.407 e. The second-order valence-corrected chi connectivity index (χ2v) is 2.88. The van der Waals surface area contributed by atoms with Gasteiger partial charge in [-0.05, 0) is 6.07 Å². The number of rotatable bonds is 1. The molecule has 0 radical (unpaired) electrons. The zero-order chi connectivity index (χ0) is 8.55. The zero-order valence-electron chi connectivity index (χ0n) is 6.40. The molecule has 64 valence electrons. The van der Waals surface area contributed by atoms with Crippen LogP contribution in [0.25, 0.3) is 0 Å². The molecule has 1 aromatic heterocycles. The standard InChI is InChI=1S/C7H9N3O2/c11-7(12)10-3-5(4-10)6-1-2-8-9-6/h1-2,5H,3-4H2,(H,8,9)(H,11,12). The Morgan fingerprint density at radius 1 is 1.75 bits per heavy atom. The molecule has 1 saturated heterocycles. The van der Waals surface area contributed by atoms with Crippen LogP contribution in [0.3, 0.4) is 0 Å². The molecule has 0 saturated carbocycles. The minimum Gasteiger partial charge on any atom is -0.465 e. The van der Waals surface area contributed by atoms with Crippen molar-refractivity contribution in [1.82, 2.24) is 15.1 Å². The SMILES string of the molecule is O=C(O)N1CC(c2cc[nH]n2)C1. The van der Waals surface area contributed by atoms with E-state index in [2.05, 4.69) is 10.2 Å². The summed E-state index contributed by atoms with van der Waals surface area (Å²) in [6, 6.07) is 1.88. The highest BCUT2D eigenvalue weighted by Gasteiger charge is 2.32. The molecule has 0 aromatic carbocycles. The van der Waals surface area contributed by atoms with Gasteiger partial charge >= 0.3 is 6.09 Å². The summed E-state index contributed by atoms with van der Waals surface area (Å²) in [4.78, 5) is 11.8. The average molecular weight is 167 g/mol. The summed E-state index contributed by atoms with van der Waals surface area (Å²) in [6.45, 7) is 1.14. The number of carboxylic acid groups (broad SMARTS) is 1. The third-order valence-electron chi connectivity index (χ3n) is 2.09. The van der Waals surface area contributed by atoms with Crippen LogP contribution in [-0.4, -0.2) is 39.4 Å². The van der Waals surface area contributed by atoms with Crippen molar-refractivity contribution in [3.63, 3.8) is 0 Å². The van der Waals surface area contributed by atoms with Gasteiger partial charge in [-0.25, -0.2) is 4.79 Å². The highest BCUT2D eigenvalue weighted by molar-refractivity contribution is 5.66. The average Bonchev–Trinajstić information content (AvgIpc) is 2.34. The van der Waals surface area contributed by atoms with Crippen molar-refractivity contribution in [2.45, 2.75) is 5.92 Å². The van der Waals surface area contributed by atoms with Crippen LogP contribution in [0.4, 0.5) is 4.79 Å². The lowest BCUT2D eigenvalue weighted by atomic mass is 9.97. The van der Waals surface area contributed by atoms with Crippen molar-refractivity contribution < 1.29 is 9.90 Å². The van der Waals surface area contributed by atoms with Crippen molar-refractivity contribution in [1.29, 1.82) is 0 Å². The highest BCUT2D eigenvalue weighted by atomic mass is 16.4. The van der Waals surface area contributed by atoms with Gasteiger partial charge in [-0.15, -0.1) is 0 Å². The fourth-order valence-electron chi connectivity index (χ4n) is 1.32. The Labute approximate surface area is 69.0 Å². The van der Waals surface area contributed by atoms with E-state index in [4.69, 9.17) is 5.11 Å². The lowest BCUT2D eigenvalue weighted by molar-refractivity contribution is 0.104. The van der Waals surface area contributed by atoms with Crippen LogP contribution in [-0.2, 0) is 0 Å². The normalized spacial score (nSPS) is 17.5. The van der Waals surface area contributed by atoms with Gasteiger partial charge in [0.25, 0.3) is 0 Å². The number of aromatic amines is 1. The van der Waals surface area contributed by atoms with Crippen LogP contribution in [0, 0.1) is 0 Å². The van der Waals surface area contributed by atoms with Gasteiger partial charge in [0.15, 0.2) is 0 Å². The minimum absolute atomic E-state index is 0.285. The monoisotopic (exact) mass is 167 g/mol. The molecule has 1 aliphatic rings. The smallest absolute Gasteiger partial charge is 0.407 e. The van der Waals surface area contributed by atoms with Crippen molar-refractivity contribution in [2.24, 2.45) is 0 Å². The van der Waals surface area contributed by atoms with Gasteiger partial charge in [0.1, 0.15) is 0 Å². The molecule has 5 heteroatoms. The van der Waals surface area contributed by atoms with E-state index < -0.39 is 6.09 Å². The first kappa shape index (κ1) is 7.15. The Morgan fingerprint density at radius 2 is 2.50 bits per heavy atom. The fraction of sp³-hybridized carbons (Fsp3) is 0.429. The number of H-pyrrole nitrogens is 1. The van der Waals surface area contributed by atoms with Crippen LogP contribution in [0.5, 0.6) is 0 Å². The van der Waals surface area contributed by atoms with Gasteiger partial charge in [-0.3, -0.25) is 5.10 Å². The third kappa shape index (κ3) is 1.03. The van der Waals surface area contributed by atoms with E-state index in [9.17, 15) is 4.79 Å². The number of hydrogen-bond acceptors (Lipinski definition) is 2. The summed E-state index contributed by atoms with van der Waals surface area (Å²) < 4.78 is 0. The second-order valence-electron chi connectivity index (χ2n) is 2.88. The van der Waals surface area contributed by atoms with Gasteiger partial charge in [0, 0.05) is 25.2 Å². The molecule has 12 heavy (non-hydrogen) atoms. The molecule has 1 aromatic rings. The van der Waals surface area contributed by atoms with Crippen molar-refractivity contribution >= 4 is 6.09 Å². The second kappa shape index (κ2) is 2.51. The topological polar surface area (TPSA) is 69.2 Å². The first-order chi connectivity index (χ1) is 5.77. The molecule has 2 rings (SSSR count). The van der Waals surface area contributed by atoms with E-state index in [0.717, 1.165) is 5.69 Å². The van der Waals surface area contributed by atoms with Gasteiger partial charge in [0.2, 0.25) is 0 Å². The molecule has 5 nitrogen and oxygen atoms in total. The van der Waals surface area contributed by atoms with E-state index >= 15 is 0 Å². The molecule has 0 bridgehead atoms. The molecule has 1 fully saturated rings. The number of likely N-dealkylation sites (tertiary alicyclic amines) is 1. The summed E-state index contributed by atoms with van der Waals surface area (Å²) in [7, 11) is 0. The number of aromatic nitrogens is 2. The maximum absolute atomic E-state index is 10.4. The van der Waals surface area contributed by atoms with Gasteiger partial charge in [-0.2, -0.15) is 5.10 Å². The number of amides is 1. The lowest BCUT2D eigenvalue weighted by Gasteiger charge is -2.35. The van der Waals surface area contributed by atoms with Crippen molar-refractivity contribution in [2.75, 3.05) is 13.1 Å². The van der Waals surface area contributed by atoms with Crippen LogP contribution >= 0.6 is 0 Å². The summed E-state index contributed by atoms with van der Waals surface area (Å²) in [5, 5.41) is 15.2. The minimum atomic E-state index is -0.846. The first-order valence-corrected chi connectivity index (χ1v) is 3.75. The molecule has 0 atom stereocenters. The fourth-order valence-corrected chi connectivity index (χ4v) is 1.32. The van der Waals surface area contributed by atoms with Gasteiger partial charge in [-0.1, -0.05) is 0 Å². The highest BCUT2D eigenvalue weighted by Crippen LogP contribution is 2.24. The third-order valence-corrected chi connectivity index (χ3v) is 2.09. The lowest BCUT2D eigenvalue weighted by Crippen LogP contribution is -2.47. The van der Waals surface area contributed by atoms with Crippen LogP contribution in [0.15, 0.2) is 12.3 Å². The Balaban J connectivity index is 1.94. The molecule has 0 aliphatic carbocycles. The van der Waals surface area contributed by atoms with E-state index in [-0.39, 0.29) is 5.92 Å². The number of carbonyl (C=O) groups is 1. The molecular weight excluding hydrogens is 158 g/mol. The molecule has 2 N–H and O–H groups in total. The van der Waals surface area contributed by atoms with E-state index in [0.29, 0.717) is 13.1 Å². The Morgan fingerprint density at radius 3 is 3.00 bits per heavy atom. The zero-order valence-corrected chi connectivity index (χ0v) is 6.40. The quantitative estimate of drug-likeness (QED) is 0.639. The predicted octanol–water partition coefficient (Wildman–Crippen LogP) is 0.487. The van der Waals surface area contributed by atoms with Crippen molar-refractivity contribution in [3.8, 4) is 0 Å². The predicted molar refractivity (Wildman–Crippen MR) is 40.9 cm³/mol. The van der Waals surface area contributed by atoms with Crippen LogP contribution in [0.2, 0.25) is 0 Å². The molecule has 2 heterocycles. The number of nitrogens with one attached hydrogen (secondary N) is 1.